The van der Waals surface area contributed by atoms with E-state index in [4.69, 9.17) is 4.74 Å². The molecule has 180 valence electrons. The zero-order valence-corrected chi connectivity index (χ0v) is 19.8. The van der Waals surface area contributed by atoms with E-state index in [9.17, 15) is 17.6 Å². The molecule has 1 fully saturated rings. The highest BCUT2D eigenvalue weighted by molar-refractivity contribution is 7.90. The molecular weight excluding hydrogens is 463 g/mol. The van der Waals surface area contributed by atoms with Crippen LogP contribution < -0.4 is 10.0 Å². The molecule has 34 heavy (non-hydrogen) atoms. The maximum Gasteiger partial charge on any atom is 0.413 e. The van der Waals surface area contributed by atoms with Crippen molar-refractivity contribution < 1.29 is 22.3 Å². The number of nitrogens with one attached hydrogen (secondary N) is 2. The summed E-state index contributed by atoms with van der Waals surface area (Å²) in [5.74, 6) is -0.498. The minimum atomic E-state index is -3.78. The van der Waals surface area contributed by atoms with Crippen molar-refractivity contribution in [2.75, 3.05) is 23.1 Å². The molecule has 10 nitrogen and oxygen atoms in total. The van der Waals surface area contributed by atoms with Crippen LogP contribution in [0.1, 0.15) is 33.6 Å². The lowest BCUT2D eigenvalue weighted by Crippen LogP contribution is -2.33. The van der Waals surface area contributed by atoms with E-state index >= 15 is 0 Å². The van der Waals surface area contributed by atoms with Crippen molar-refractivity contribution in [3.63, 3.8) is 0 Å². The van der Waals surface area contributed by atoms with E-state index in [1.807, 2.05) is 0 Å². The number of nitrogens with zero attached hydrogens (tertiary/aromatic N) is 4. The Kier molecular flexibility index (Phi) is 6.36. The summed E-state index contributed by atoms with van der Waals surface area (Å²) < 4.78 is 48.6. The van der Waals surface area contributed by atoms with Crippen molar-refractivity contribution in [3.05, 3.63) is 42.5 Å². The summed E-state index contributed by atoms with van der Waals surface area (Å²) in [5, 5.41) is 2.56. The highest BCUT2D eigenvalue weighted by Gasteiger charge is 2.25. The highest BCUT2D eigenvalue weighted by Crippen LogP contribution is 2.28. The van der Waals surface area contributed by atoms with Crippen molar-refractivity contribution >= 4 is 38.8 Å². The number of fused-ring (bicyclic) bond motifs is 1. The fourth-order valence-electron chi connectivity index (χ4n) is 3.53. The summed E-state index contributed by atoms with van der Waals surface area (Å²) in [4.78, 5) is 25.0. The third kappa shape index (κ3) is 5.57. The second-order valence-corrected chi connectivity index (χ2v) is 10.5. The van der Waals surface area contributed by atoms with Gasteiger partial charge in [0.2, 0.25) is 0 Å². The second-order valence-electron chi connectivity index (χ2n) is 8.86. The van der Waals surface area contributed by atoms with Crippen LogP contribution >= 0.6 is 0 Å². The monoisotopic (exact) mass is 488 g/mol. The number of halogens is 1. The van der Waals surface area contributed by atoms with Gasteiger partial charge in [0, 0.05) is 18.7 Å². The van der Waals surface area contributed by atoms with Gasteiger partial charge in [-0.15, -0.1) is 0 Å². The fraction of sp³-hybridized carbons (Fsp3) is 0.364. The Morgan fingerprint density at radius 3 is 2.56 bits per heavy atom. The summed E-state index contributed by atoms with van der Waals surface area (Å²) >= 11 is 0. The first-order valence-corrected chi connectivity index (χ1v) is 12.1. The van der Waals surface area contributed by atoms with E-state index in [0.29, 0.717) is 29.9 Å². The topological polar surface area (TPSA) is 126 Å². The molecule has 0 atom stereocenters. The highest BCUT2D eigenvalue weighted by atomic mass is 32.2. The number of aromatic nitrogens is 3. The Morgan fingerprint density at radius 2 is 1.85 bits per heavy atom. The van der Waals surface area contributed by atoms with Gasteiger partial charge < -0.3 is 4.74 Å². The van der Waals surface area contributed by atoms with Crippen molar-refractivity contribution in [1.82, 2.24) is 19.3 Å². The van der Waals surface area contributed by atoms with Gasteiger partial charge in [-0.2, -0.15) is 12.7 Å². The van der Waals surface area contributed by atoms with Gasteiger partial charge in [0.1, 0.15) is 23.3 Å². The number of amides is 1. The lowest BCUT2D eigenvalue weighted by Gasteiger charge is -2.19. The molecule has 2 N–H and O–H groups in total. The van der Waals surface area contributed by atoms with E-state index in [-0.39, 0.29) is 17.0 Å². The normalized spacial score (nSPS) is 14.8. The molecule has 0 unspecified atom stereocenters. The smallest absolute Gasteiger partial charge is 0.413 e. The second kappa shape index (κ2) is 9.11. The first-order chi connectivity index (χ1) is 16.0. The Balaban J connectivity index is 1.66. The lowest BCUT2D eigenvalue weighted by molar-refractivity contribution is 0.0635. The predicted molar refractivity (Wildman–Crippen MR) is 126 cm³/mol. The lowest BCUT2D eigenvalue weighted by atomic mass is 10.1. The van der Waals surface area contributed by atoms with Gasteiger partial charge in [0.25, 0.3) is 0 Å². The Labute approximate surface area is 196 Å². The number of benzene rings is 1. The van der Waals surface area contributed by atoms with Crippen LogP contribution in [0.15, 0.2) is 36.7 Å². The number of carbonyl (C=O) groups excluding carboxylic acids is 1. The first-order valence-electron chi connectivity index (χ1n) is 10.7. The minimum absolute atomic E-state index is 0.0835. The summed E-state index contributed by atoms with van der Waals surface area (Å²) in [5.41, 5.74) is 0.792. The average molecular weight is 489 g/mol. The number of carbonyl (C=O) groups is 1. The Morgan fingerprint density at radius 1 is 1.12 bits per heavy atom. The molecular formula is C22H25FN6O4S. The van der Waals surface area contributed by atoms with E-state index in [1.54, 1.807) is 32.9 Å². The molecule has 1 aliphatic heterocycles. The standard InChI is InChI=1S/C22H25FN6O4S/c1-22(2,3)33-21(30)27-20-19-18(24-13-25-20)7-6-17(26-19)14-10-15(23)12-16(11-14)28-34(31,32)29-8-4-5-9-29/h6-7,10-13,28H,4-5,8-9H2,1-3H3,(H,24,25,27,30). The quantitative estimate of drug-likeness (QED) is 0.557. The van der Waals surface area contributed by atoms with Crippen molar-refractivity contribution in [1.29, 1.82) is 0 Å². The minimum Gasteiger partial charge on any atom is -0.444 e. The fourth-order valence-corrected chi connectivity index (χ4v) is 4.81. The molecule has 0 saturated carbocycles. The molecule has 1 aromatic carbocycles. The Hall–Kier alpha value is -3.38. The van der Waals surface area contributed by atoms with Gasteiger partial charge in [0.15, 0.2) is 5.82 Å². The first kappa shape index (κ1) is 23.8. The molecule has 0 spiro atoms. The molecule has 4 rings (SSSR count). The molecule has 3 heterocycles. The van der Waals surface area contributed by atoms with Gasteiger partial charge in [-0.3, -0.25) is 10.0 Å². The van der Waals surface area contributed by atoms with Crippen LogP contribution in [-0.4, -0.2) is 52.5 Å². The molecule has 1 saturated heterocycles. The number of hydrogen-bond acceptors (Lipinski definition) is 7. The van der Waals surface area contributed by atoms with E-state index in [0.717, 1.165) is 18.9 Å². The van der Waals surface area contributed by atoms with Crippen LogP contribution in [0.25, 0.3) is 22.3 Å². The van der Waals surface area contributed by atoms with Crippen LogP contribution in [0, 0.1) is 5.82 Å². The molecule has 0 aliphatic carbocycles. The molecule has 0 radical (unpaired) electrons. The van der Waals surface area contributed by atoms with Gasteiger partial charge in [-0.05, 0) is 63.9 Å². The summed E-state index contributed by atoms with van der Waals surface area (Å²) in [6.45, 7) is 6.07. The molecule has 0 bridgehead atoms. The van der Waals surface area contributed by atoms with Crippen molar-refractivity contribution in [3.8, 4) is 11.3 Å². The molecule has 12 heteroatoms. The number of ether oxygens (including phenoxy) is 1. The predicted octanol–water partition coefficient (Wildman–Crippen LogP) is 3.93. The van der Waals surface area contributed by atoms with Crippen LogP contribution in [0.4, 0.5) is 20.7 Å². The van der Waals surface area contributed by atoms with Gasteiger partial charge in [-0.25, -0.2) is 24.1 Å². The average Bonchev–Trinajstić information content (AvgIpc) is 3.27. The van der Waals surface area contributed by atoms with E-state index in [1.165, 1.54) is 22.8 Å². The maximum atomic E-state index is 14.4. The SMILES string of the molecule is CC(C)(C)OC(=O)Nc1ncnc2ccc(-c3cc(F)cc(NS(=O)(=O)N4CCCC4)c3)nc12. The summed E-state index contributed by atoms with van der Waals surface area (Å²) in [6.07, 6.45) is 2.16. The third-order valence-corrected chi connectivity index (χ3v) is 6.49. The summed E-state index contributed by atoms with van der Waals surface area (Å²) in [7, 11) is -3.78. The van der Waals surface area contributed by atoms with E-state index < -0.39 is 27.7 Å². The van der Waals surface area contributed by atoms with Crippen LogP contribution in [0.5, 0.6) is 0 Å². The van der Waals surface area contributed by atoms with Crippen LogP contribution in [0.2, 0.25) is 0 Å². The largest absolute Gasteiger partial charge is 0.444 e. The molecule has 3 aromatic rings. The zero-order chi connectivity index (χ0) is 24.5. The molecule has 1 aliphatic rings. The Bertz CT molecular complexity index is 1340. The maximum absolute atomic E-state index is 14.4. The van der Waals surface area contributed by atoms with E-state index in [2.05, 4.69) is 25.0 Å². The van der Waals surface area contributed by atoms with Gasteiger partial charge in [0.05, 0.1) is 16.9 Å². The number of pyridine rings is 1. The number of rotatable bonds is 5. The molecule has 1 amide bonds. The van der Waals surface area contributed by atoms with Gasteiger partial charge >= 0.3 is 16.3 Å². The van der Waals surface area contributed by atoms with Crippen LogP contribution in [0.3, 0.4) is 0 Å². The number of hydrogen-bond donors (Lipinski definition) is 2. The van der Waals surface area contributed by atoms with Crippen molar-refractivity contribution in [2.45, 2.75) is 39.2 Å². The zero-order valence-electron chi connectivity index (χ0n) is 19.0. The molecule has 2 aromatic heterocycles. The number of anilines is 2. The van der Waals surface area contributed by atoms with Crippen molar-refractivity contribution in [2.24, 2.45) is 0 Å². The van der Waals surface area contributed by atoms with Crippen LogP contribution in [-0.2, 0) is 14.9 Å². The summed E-state index contributed by atoms with van der Waals surface area (Å²) in [6, 6.07) is 7.12. The third-order valence-electron chi connectivity index (χ3n) is 4.95. The van der Waals surface area contributed by atoms with Gasteiger partial charge in [-0.1, -0.05) is 0 Å².